The van der Waals surface area contributed by atoms with Crippen molar-refractivity contribution >= 4 is 5.91 Å². The van der Waals surface area contributed by atoms with E-state index >= 15 is 0 Å². The fourth-order valence-corrected chi connectivity index (χ4v) is 2.11. The van der Waals surface area contributed by atoms with Crippen LogP contribution in [0.3, 0.4) is 0 Å². The highest BCUT2D eigenvalue weighted by molar-refractivity contribution is 5.80. The van der Waals surface area contributed by atoms with Gasteiger partial charge in [0.25, 0.3) is 5.91 Å². The quantitative estimate of drug-likeness (QED) is 0.884. The topological polar surface area (TPSA) is 47.6 Å². The van der Waals surface area contributed by atoms with Crippen LogP contribution in [-0.4, -0.2) is 31.3 Å². The van der Waals surface area contributed by atoms with Gasteiger partial charge in [-0.05, 0) is 44.4 Å². The zero-order valence-electron chi connectivity index (χ0n) is 11.5. The zero-order chi connectivity index (χ0) is 13.7. The summed E-state index contributed by atoms with van der Waals surface area (Å²) < 4.78 is 11.1. The minimum atomic E-state index is -0.497. The van der Waals surface area contributed by atoms with Gasteiger partial charge in [-0.2, -0.15) is 0 Å². The highest BCUT2D eigenvalue weighted by Gasteiger charge is 2.19. The van der Waals surface area contributed by atoms with Crippen LogP contribution in [-0.2, 0) is 9.53 Å². The Hall–Kier alpha value is -1.55. The highest BCUT2D eigenvalue weighted by Crippen LogP contribution is 2.14. The standard InChI is InChI=1S/C15H21NO3/c1-11-5-3-6-13(9-11)19-12(2)15(17)16-10-14-7-4-8-18-14/h3,5-6,9,12,14H,4,7-8,10H2,1-2H3,(H,16,17)/t12-,14-/m1/s1. The number of nitrogens with one attached hydrogen (secondary N) is 1. The van der Waals surface area contributed by atoms with Crippen molar-refractivity contribution in [2.75, 3.05) is 13.2 Å². The molecule has 4 nitrogen and oxygen atoms in total. The van der Waals surface area contributed by atoms with E-state index in [1.807, 2.05) is 31.2 Å². The van der Waals surface area contributed by atoms with E-state index in [-0.39, 0.29) is 12.0 Å². The van der Waals surface area contributed by atoms with Crippen LogP contribution in [0.2, 0.25) is 0 Å². The second kappa shape index (κ2) is 6.57. The fourth-order valence-electron chi connectivity index (χ4n) is 2.11. The lowest BCUT2D eigenvalue weighted by molar-refractivity contribution is -0.127. The van der Waals surface area contributed by atoms with E-state index in [2.05, 4.69) is 5.32 Å². The normalized spacial score (nSPS) is 20.0. The van der Waals surface area contributed by atoms with Gasteiger partial charge < -0.3 is 14.8 Å². The molecule has 19 heavy (non-hydrogen) atoms. The zero-order valence-corrected chi connectivity index (χ0v) is 11.5. The van der Waals surface area contributed by atoms with E-state index < -0.39 is 6.10 Å². The summed E-state index contributed by atoms with van der Waals surface area (Å²) in [6.45, 7) is 5.12. The first-order chi connectivity index (χ1) is 9.15. The molecule has 0 radical (unpaired) electrons. The van der Waals surface area contributed by atoms with Gasteiger partial charge in [-0.3, -0.25) is 4.79 Å². The summed E-state index contributed by atoms with van der Waals surface area (Å²) in [7, 11) is 0. The van der Waals surface area contributed by atoms with Gasteiger partial charge in [0.2, 0.25) is 0 Å². The summed E-state index contributed by atoms with van der Waals surface area (Å²) in [5.74, 6) is 0.622. The minimum absolute atomic E-state index is 0.1000. The Morgan fingerprint density at radius 3 is 3.11 bits per heavy atom. The van der Waals surface area contributed by atoms with Crippen molar-refractivity contribution < 1.29 is 14.3 Å². The molecule has 1 amide bonds. The smallest absolute Gasteiger partial charge is 0.260 e. The van der Waals surface area contributed by atoms with Gasteiger partial charge in [-0.25, -0.2) is 0 Å². The maximum Gasteiger partial charge on any atom is 0.260 e. The number of amides is 1. The molecule has 0 saturated carbocycles. The first kappa shape index (κ1) is 13.9. The molecule has 1 aromatic rings. The molecule has 0 aliphatic carbocycles. The van der Waals surface area contributed by atoms with Crippen molar-refractivity contribution in [3.8, 4) is 5.75 Å². The van der Waals surface area contributed by atoms with Crippen molar-refractivity contribution in [3.05, 3.63) is 29.8 Å². The van der Waals surface area contributed by atoms with Crippen molar-refractivity contribution in [3.63, 3.8) is 0 Å². The molecule has 0 aromatic heterocycles. The van der Waals surface area contributed by atoms with Gasteiger partial charge in [0.1, 0.15) is 5.75 Å². The van der Waals surface area contributed by atoms with E-state index in [0.717, 1.165) is 30.8 Å². The lowest BCUT2D eigenvalue weighted by Gasteiger charge is -2.16. The van der Waals surface area contributed by atoms with Crippen LogP contribution >= 0.6 is 0 Å². The first-order valence-corrected chi connectivity index (χ1v) is 6.78. The molecule has 1 heterocycles. The molecule has 0 bridgehead atoms. The SMILES string of the molecule is Cc1cccc(O[C@H](C)C(=O)NC[C@H]2CCCO2)c1. The molecule has 2 rings (SSSR count). The number of benzene rings is 1. The van der Waals surface area contributed by atoms with E-state index in [9.17, 15) is 4.79 Å². The predicted octanol–water partition coefficient (Wildman–Crippen LogP) is 2.06. The average molecular weight is 263 g/mol. The van der Waals surface area contributed by atoms with E-state index in [1.54, 1.807) is 6.92 Å². The van der Waals surface area contributed by atoms with Crippen molar-refractivity contribution in [1.29, 1.82) is 0 Å². The van der Waals surface area contributed by atoms with Gasteiger partial charge in [0.05, 0.1) is 6.10 Å². The molecular formula is C15H21NO3. The third-order valence-corrected chi connectivity index (χ3v) is 3.20. The largest absolute Gasteiger partial charge is 0.481 e. The van der Waals surface area contributed by atoms with Crippen LogP contribution in [0.5, 0.6) is 5.75 Å². The fraction of sp³-hybridized carbons (Fsp3) is 0.533. The summed E-state index contributed by atoms with van der Waals surface area (Å²) in [6.07, 6.45) is 1.77. The average Bonchev–Trinajstić information content (AvgIpc) is 2.89. The van der Waals surface area contributed by atoms with Crippen LogP contribution < -0.4 is 10.1 Å². The van der Waals surface area contributed by atoms with Crippen LogP contribution in [0.1, 0.15) is 25.3 Å². The molecule has 0 unspecified atom stereocenters. The number of carbonyl (C=O) groups is 1. The molecule has 104 valence electrons. The molecule has 2 atom stereocenters. The summed E-state index contributed by atoms with van der Waals surface area (Å²) in [6, 6.07) is 7.69. The van der Waals surface area contributed by atoms with Crippen LogP contribution in [0.25, 0.3) is 0 Å². The highest BCUT2D eigenvalue weighted by atomic mass is 16.5. The Labute approximate surface area is 114 Å². The number of rotatable bonds is 5. The molecule has 4 heteroatoms. The summed E-state index contributed by atoms with van der Waals surface area (Å²) in [4.78, 5) is 11.9. The first-order valence-electron chi connectivity index (χ1n) is 6.78. The maximum absolute atomic E-state index is 11.9. The summed E-state index contributed by atoms with van der Waals surface area (Å²) in [5, 5.41) is 2.87. The Balaban J connectivity index is 1.78. The van der Waals surface area contributed by atoms with E-state index in [1.165, 1.54) is 0 Å². The number of ether oxygens (including phenoxy) is 2. The van der Waals surface area contributed by atoms with E-state index in [4.69, 9.17) is 9.47 Å². The van der Waals surface area contributed by atoms with Gasteiger partial charge in [0, 0.05) is 13.2 Å². The third-order valence-electron chi connectivity index (χ3n) is 3.20. The van der Waals surface area contributed by atoms with Crippen molar-refractivity contribution in [2.45, 2.75) is 38.9 Å². The van der Waals surface area contributed by atoms with Crippen molar-refractivity contribution in [2.24, 2.45) is 0 Å². The number of hydrogen-bond acceptors (Lipinski definition) is 3. The molecule has 1 fully saturated rings. The number of aryl methyl sites for hydroxylation is 1. The molecule has 1 aromatic carbocycles. The van der Waals surface area contributed by atoms with Crippen LogP contribution in [0.15, 0.2) is 24.3 Å². The van der Waals surface area contributed by atoms with E-state index in [0.29, 0.717) is 6.54 Å². The van der Waals surface area contributed by atoms with Crippen LogP contribution in [0, 0.1) is 6.92 Å². The molecule has 1 aliphatic rings. The van der Waals surface area contributed by atoms with Gasteiger partial charge in [-0.1, -0.05) is 12.1 Å². The number of hydrogen-bond donors (Lipinski definition) is 1. The van der Waals surface area contributed by atoms with Crippen LogP contribution in [0.4, 0.5) is 0 Å². The summed E-state index contributed by atoms with van der Waals surface area (Å²) in [5.41, 5.74) is 1.12. The van der Waals surface area contributed by atoms with Crippen molar-refractivity contribution in [1.82, 2.24) is 5.32 Å². The molecule has 1 N–H and O–H groups in total. The predicted molar refractivity (Wildman–Crippen MR) is 73.3 cm³/mol. The second-order valence-corrected chi connectivity index (χ2v) is 4.96. The second-order valence-electron chi connectivity index (χ2n) is 4.96. The Bertz CT molecular complexity index is 427. The monoisotopic (exact) mass is 263 g/mol. The third kappa shape index (κ3) is 4.24. The summed E-state index contributed by atoms with van der Waals surface area (Å²) >= 11 is 0. The molecular weight excluding hydrogens is 242 g/mol. The van der Waals surface area contributed by atoms with Gasteiger partial charge >= 0.3 is 0 Å². The Kier molecular flexibility index (Phi) is 4.80. The van der Waals surface area contributed by atoms with Gasteiger partial charge in [-0.15, -0.1) is 0 Å². The minimum Gasteiger partial charge on any atom is -0.481 e. The molecule has 0 spiro atoms. The lowest BCUT2D eigenvalue weighted by atomic mass is 10.2. The molecule has 1 aliphatic heterocycles. The number of carbonyl (C=O) groups excluding carboxylic acids is 1. The van der Waals surface area contributed by atoms with Gasteiger partial charge in [0.15, 0.2) is 6.10 Å². The Morgan fingerprint density at radius 2 is 2.42 bits per heavy atom. The Morgan fingerprint density at radius 1 is 1.58 bits per heavy atom. The molecule has 1 saturated heterocycles. The maximum atomic E-state index is 11.9. The lowest BCUT2D eigenvalue weighted by Crippen LogP contribution is -2.40.